The van der Waals surface area contributed by atoms with E-state index in [-0.39, 0.29) is 36.8 Å². The van der Waals surface area contributed by atoms with Crippen LogP contribution in [0.2, 0.25) is 5.02 Å². The van der Waals surface area contributed by atoms with Gasteiger partial charge in [0.15, 0.2) is 6.61 Å². The van der Waals surface area contributed by atoms with Gasteiger partial charge in [-0.15, -0.1) is 0 Å². The number of rotatable bonds is 8. The van der Waals surface area contributed by atoms with Gasteiger partial charge >= 0.3 is 0 Å². The normalized spacial score (nSPS) is 15.1. The molecule has 1 aliphatic rings. The van der Waals surface area contributed by atoms with Crippen LogP contribution in [0.3, 0.4) is 0 Å². The largest absolute Gasteiger partial charge is 0.483 e. The number of carbonyl (C=O) groups is 2. The van der Waals surface area contributed by atoms with Gasteiger partial charge in [0.05, 0.1) is 4.47 Å². The van der Waals surface area contributed by atoms with Crippen molar-refractivity contribution in [2.45, 2.75) is 57.7 Å². The number of nitrogens with one attached hydrogen (secondary N) is 1. The van der Waals surface area contributed by atoms with E-state index in [1.807, 2.05) is 0 Å². The molecule has 0 aliphatic heterocycles. The van der Waals surface area contributed by atoms with Gasteiger partial charge in [-0.05, 0) is 71.6 Å². The summed E-state index contributed by atoms with van der Waals surface area (Å²) in [5.41, 5.74) is 0.727. The van der Waals surface area contributed by atoms with Crippen LogP contribution in [-0.2, 0) is 16.1 Å². The molecule has 1 aliphatic carbocycles. The van der Waals surface area contributed by atoms with E-state index in [0.717, 1.165) is 31.2 Å². The Kier molecular flexibility index (Phi) is 8.93. The predicted molar refractivity (Wildman–Crippen MR) is 126 cm³/mol. The van der Waals surface area contributed by atoms with E-state index in [1.54, 1.807) is 37.3 Å². The molecule has 0 aromatic heterocycles. The summed E-state index contributed by atoms with van der Waals surface area (Å²) < 4.78 is 19.6. The quantitative estimate of drug-likeness (QED) is 0.496. The van der Waals surface area contributed by atoms with E-state index in [1.165, 1.54) is 23.5 Å². The number of hydrogen-bond donors (Lipinski definition) is 1. The molecule has 1 fully saturated rings. The highest BCUT2D eigenvalue weighted by molar-refractivity contribution is 9.10. The summed E-state index contributed by atoms with van der Waals surface area (Å²) >= 11 is 9.32. The second-order valence-electron chi connectivity index (χ2n) is 8.03. The van der Waals surface area contributed by atoms with Crippen LogP contribution in [0.5, 0.6) is 5.75 Å². The molecule has 0 radical (unpaired) electrons. The topological polar surface area (TPSA) is 58.6 Å². The zero-order valence-electron chi connectivity index (χ0n) is 18.0. The number of nitrogens with zero attached hydrogens (tertiary/aromatic N) is 1. The molecule has 2 aromatic carbocycles. The van der Waals surface area contributed by atoms with Crippen LogP contribution in [0.4, 0.5) is 4.39 Å². The van der Waals surface area contributed by atoms with Crippen molar-refractivity contribution < 1.29 is 18.7 Å². The molecule has 32 heavy (non-hydrogen) atoms. The Morgan fingerprint density at radius 1 is 1.19 bits per heavy atom. The van der Waals surface area contributed by atoms with Crippen molar-refractivity contribution in [2.75, 3.05) is 6.61 Å². The Morgan fingerprint density at radius 2 is 1.88 bits per heavy atom. The highest BCUT2D eigenvalue weighted by atomic mass is 79.9. The smallest absolute Gasteiger partial charge is 0.261 e. The van der Waals surface area contributed by atoms with Crippen LogP contribution in [0.25, 0.3) is 0 Å². The maximum Gasteiger partial charge on any atom is 0.261 e. The third-order valence-electron chi connectivity index (χ3n) is 5.63. The summed E-state index contributed by atoms with van der Waals surface area (Å²) in [4.78, 5) is 27.5. The van der Waals surface area contributed by atoms with Gasteiger partial charge in [-0.25, -0.2) is 4.39 Å². The number of carbonyl (C=O) groups excluding carboxylic acids is 2. The van der Waals surface area contributed by atoms with Crippen LogP contribution in [0, 0.1) is 5.82 Å². The maximum absolute atomic E-state index is 13.3. The first-order valence-electron chi connectivity index (χ1n) is 10.8. The molecular weight excluding hydrogens is 499 g/mol. The van der Waals surface area contributed by atoms with Crippen molar-refractivity contribution in [1.29, 1.82) is 0 Å². The van der Waals surface area contributed by atoms with Crippen molar-refractivity contribution in [3.8, 4) is 5.75 Å². The van der Waals surface area contributed by atoms with Crippen molar-refractivity contribution in [3.05, 3.63) is 63.3 Å². The molecule has 0 unspecified atom stereocenters. The lowest BCUT2D eigenvalue weighted by Crippen LogP contribution is -2.51. The molecule has 2 aromatic rings. The lowest BCUT2D eigenvalue weighted by atomic mass is 9.95. The molecule has 1 saturated carbocycles. The van der Waals surface area contributed by atoms with Crippen LogP contribution < -0.4 is 10.1 Å². The Bertz CT molecular complexity index is 935. The SMILES string of the molecule is C[C@H](C(=O)NC1CCCCC1)N(Cc1ccc(F)cc1)C(=O)COc1ccc(Cl)cc1Br. The van der Waals surface area contributed by atoms with Gasteiger partial charge in [0.2, 0.25) is 5.91 Å². The minimum atomic E-state index is -0.702. The maximum atomic E-state index is 13.3. The fraction of sp³-hybridized carbons (Fsp3) is 0.417. The molecule has 2 amide bonds. The lowest BCUT2D eigenvalue weighted by Gasteiger charge is -2.31. The molecule has 1 N–H and O–H groups in total. The van der Waals surface area contributed by atoms with Gasteiger partial charge in [-0.3, -0.25) is 9.59 Å². The predicted octanol–water partition coefficient (Wildman–Crippen LogP) is 5.49. The molecule has 0 bridgehead atoms. The summed E-state index contributed by atoms with van der Waals surface area (Å²) in [6.45, 7) is 1.63. The average Bonchev–Trinajstić information content (AvgIpc) is 2.78. The van der Waals surface area contributed by atoms with E-state index in [2.05, 4.69) is 21.2 Å². The van der Waals surface area contributed by atoms with E-state index in [0.29, 0.717) is 15.2 Å². The lowest BCUT2D eigenvalue weighted by molar-refractivity contribution is -0.142. The third kappa shape index (κ3) is 6.94. The summed E-state index contributed by atoms with van der Waals surface area (Å²) in [7, 11) is 0. The monoisotopic (exact) mass is 524 g/mol. The number of ether oxygens (including phenoxy) is 1. The summed E-state index contributed by atoms with van der Waals surface area (Å²) in [5.74, 6) is -0.420. The summed E-state index contributed by atoms with van der Waals surface area (Å²) in [6.07, 6.45) is 5.30. The van der Waals surface area contributed by atoms with Crippen LogP contribution in [0.1, 0.15) is 44.6 Å². The Hall–Kier alpha value is -2.12. The molecule has 172 valence electrons. The molecular formula is C24H27BrClFN2O3. The highest BCUT2D eigenvalue weighted by Gasteiger charge is 2.28. The van der Waals surface area contributed by atoms with Gasteiger partial charge in [0, 0.05) is 17.6 Å². The van der Waals surface area contributed by atoms with Gasteiger partial charge in [-0.2, -0.15) is 0 Å². The van der Waals surface area contributed by atoms with Crippen molar-refractivity contribution in [2.24, 2.45) is 0 Å². The molecule has 3 rings (SSSR count). The van der Waals surface area contributed by atoms with E-state index in [4.69, 9.17) is 16.3 Å². The van der Waals surface area contributed by atoms with E-state index >= 15 is 0 Å². The van der Waals surface area contributed by atoms with Gasteiger partial charge < -0.3 is 15.0 Å². The average molecular weight is 526 g/mol. The van der Waals surface area contributed by atoms with Gasteiger partial charge in [0.1, 0.15) is 17.6 Å². The zero-order chi connectivity index (χ0) is 23.1. The van der Waals surface area contributed by atoms with Crippen molar-refractivity contribution in [3.63, 3.8) is 0 Å². The minimum absolute atomic E-state index is 0.141. The first kappa shape index (κ1) is 24.5. The van der Waals surface area contributed by atoms with Crippen LogP contribution >= 0.6 is 27.5 Å². The second kappa shape index (κ2) is 11.7. The Morgan fingerprint density at radius 3 is 2.53 bits per heavy atom. The fourth-order valence-corrected chi connectivity index (χ4v) is 4.55. The van der Waals surface area contributed by atoms with Gasteiger partial charge in [-0.1, -0.05) is 43.0 Å². The minimum Gasteiger partial charge on any atom is -0.483 e. The fourth-order valence-electron chi connectivity index (χ4n) is 3.75. The highest BCUT2D eigenvalue weighted by Crippen LogP contribution is 2.28. The molecule has 0 saturated heterocycles. The Labute approximate surface area is 201 Å². The molecule has 0 heterocycles. The zero-order valence-corrected chi connectivity index (χ0v) is 20.3. The number of benzene rings is 2. The van der Waals surface area contributed by atoms with Crippen molar-refractivity contribution >= 4 is 39.3 Å². The Balaban J connectivity index is 1.71. The molecule has 5 nitrogen and oxygen atoms in total. The first-order chi connectivity index (χ1) is 15.3. The van der Waals surface area contributed by atoms with Crippen LogP contribution in [-0.4, -0.2) is 35.4 Å². The first-order valence-corrected chi connectivity index (χ1v) is 11.9. The molecule has 1 atom stereocenters. The number of hydrogen-bond acceptors (Lipinski definition) is 3. The number of halogens is 3. The summed E-state index contributed by atoms with van der Waals surface area (Å²) in [6, 6.07) is 10.4. The number of amides is 2. The standard InChI is InChI=1S/C24H27BrClFN2O3/c1-16(24(31)28-20-5-3-2-4-6-20)29(14-17-7-10-19(27)11-8-17)23(30)15-32-22-12-9-18(26)13-21(22)25/h7-13,16,20H,2-6,14-15H2,1H3,(H,28,31)/t16-/m1/s1. The third-order valence-corrected chi connectivity index (χ3v) is 6.48. The van der Waals surface area contributed by atoms with Crippen molar-refractivity contribution in [1.82, 2.24) is 10.2 Å². The van der Waals surface area contributed by atoms with Gasteiger partial charge in [0.25, 0.3) is 5.91 Å². The van der Waals surface area contributed by atoms with E-state index < -0.39 is 6.04 Å². The van der Waals surface area contributed by atoms with Crippen LogP contribution in [0.15, 0.2) is 46.9 Å². The molecule has 0 spiro atoms. The molecule has 8 heteroatoms. The summed E-state index contributed by atoms with van der Waals surface area (Å²) in [5, 5.41) is 3.63. The van der Waals surface area contributed by atoms with E-state index in [9.17, 15) is 14.0 Å². The second-order valence-corrected chi connectivity index (χ2v) is 9.32.